The van der Waals surface area contributed by atoms with E-state index in [1.807, 2.05) is 0 Å². The van der Waals surface area contributed by atoms with Gasteiger partial charge in [-0.05, 0) is 0 Å². The van der Waals surface area contributed by atoms with Crippen LogP contribution in [0.25, 0.3) is 0 Å². The Balaban J connectivity index is 0.00000523. The quantitative estimate of drug-likeness (QED) is 0.179. The van der Waals surface area contributed by atoms with Gasteiger partial charge in [-0.1, -0.05) is 0 Å². The van der Waals surface area contributed by atoms with Crippen LogP contribution >= 0.6 is 0 Å². The molecular weight excluding hydrogens is 807 g/mol. The molecule has 0 radical (unpaired) electrons. The van der Waals surface area contributed by atoms with E-state index >= 15 is 0 Å². The van der Waals surface area contributed by atoms with E-state index < -0.39 is 8.07 Å². The van der Waals surface area contributed by atoms with Crippen LogP contribution in [0, 0.1) is 41.5 Å². The van der Waals surface area contributed by atoms with Gasteiger partial charge in [0.25, 0.3) is 0 Å². The van der Waals surface area contributed by atoms with E-state index in [1.54, 1.807) is 5.20 Å². The Kier molecular flexibility index (Phi) is 17.0. The fourth-order valence-electron chi connectivity index (χ4n) is 9.44. The van der Waals surface area contributed by atoms with E-state index in [0.29, 0.717) is 0 Å². The second-order valence-corrected chi connectivity index (χ2v) is 22.3. The average Bonchev–Trinajstić information content (AvgIpc) is 3.19. The van der Waals surface area contributed by atoms with Gasteiger partial charge in [0.2, 0.25) is 0 Å². The molecule has 56 heavy (non-hydrogen) atoms. The SMILES string of the molecule is CC1=C(C)[C](C)([Ti+3])C([Si](c2cc(N(C)C)c(N(C)C)c(C)c2C)(c2cc(N(C)C)c(N(C)C)c(C)c2C)c2cc(N(C)C)c(N(C)C)c(C)c2C)=C1C.[Cl-].[Cl-].[Cl-]. The number of hydrogen-bond acceptors (Lipinski definition) is 6. The van der Waals surface area contributed by atoms with Crippen LogP contribution < -0.4 is 82.2 Å². The van der Waals surface area contributed by atoms with Crippen LogP contribution in [0.3, 0.4) is 0 Å². The van der Waals surface area contributed by atoms with Crippen molar-refractivity contribution >= 4 is 57.8 Å². The first kappa shape index (κ1) is 51.8. The Morgan fingerprint density at radius 2 is 0.661 bits per heavy atom. The minimum atomic E-state index is -3.20. The first-order valence-electron chi connectivity index (χ1n) is 18.9. The van der Waals surface area contributed by atoms with Gasteiger partial charge >= 0.3 is 339 Å². The van der Waals surface area contributed by atoms with Gasteiger partial charge in [0.15, 0.2) is 0 Å². The minimum absolute atomic E-state index is 0. The van der Waals surface area contributed by atoms with Crippen molar-refractivity contribution in [2.75, 3.05) is 114 Å². The van der Waals surface area contributed by atoms with Gasteiger partial charge < -0.3 is 37.2 Å². The second-order valence-electron chi connectivity index (χ2n) is 17.1. The van der Waals surface area contributed by atoms with Crippen molar-refractivity contribution in [2.24, 2.45) is 0 Å². The summed E-state index contributed by atoms with van der Waals surface area (Å²) in [6.45, 7) is 24.0. The molecule has 0 aliphatic heterocycles. The van der Waals surface area contributed by atoms with Crippen LogP contribution in [-0.4, -0.2) is 92.6 Å². The van der Waals surface area contributed by atoms with Crippen molar-refractivity contribution in [2.45, 2.75) is 73.0 Å². The molecule has 0 aromatic heterocycles. The van der Waals surface area contributed by atoms with Crippen molar-refractivity contribution in [1.29, 1.82) is 0 Å². The number of anilines is 6. The molecule has 0 amide bonds. The molecule has 1 aliphatic carbocycles. The fraction of sp³-hybridized carbons (Fsp3) is 0.511. The first-order chi connectivity index (χ1) is 24.3. The summed E-state index contributed by atoms with van der Waals surface area (Å²) in [6, 6.07) is 7.82. The predicted molar refractivity (Wildman–Crippen MR) is 238 cm³/mol. The van der Waals surface area contributed by atoms with Crippen LogP contribution in [-0.2, 0) is 20.4 Å². The summed E-state index contributed by atoms with van der Waals surface area (Å²) in [5, 5.41) is 6.08. The molecule has 1 aliphatic rings. The molecule has 0 bridgehead atoms. The zero-order chi connectivity index (χ0) is 40.6. The van der Waals surface area contributed by atoms with Crippen molar-refractivity contribution < 1.29 is 57.7 Å². The van der Waals surface area contributed by atoms with Crippen LogP contribution in [0.15, 0.2) is 40.1 Å². The van der Waals surface area contributed by atoms with Crippen molar-refractivity contribution in [3.05, 3.63) is 73.5 Å². The van der Waals surface area contributed by atoms with Crippen molar-refractivity contribution in [3.8, 4) is 0 Å². The summed E-state index contributed by atoms with van der Waals surface area (Å²) in [5.41, 5.74) is 20.3. The summed E-state index contributed by atoms with van der Waals surface area (Å²) in [6.07, 6.45) is 0. The Morgan fingerprint density at radius 3 is 0.839 bits per heavy atom. The summed E-state index contributed by atoms with van der Waals surface area (Å²) in [5.74, 6) is 0. The maximum atomic E-state index is 2.61. The molecule has 0 heterocycles. The Labute approximate surface area is 373 Å². The molecule has 4 rings (SSSR count). The fourth-order valence-corrected chi connectivity index (χ4v) is 17.6. The van der Waals surface area contributed by atoms with Gasteiger partial charge in [0, 0.05) is 0 Å². The van der Waals surface area contributed by atoms with Crippen molar-refractivity contribution in [3.63, 3.8) is 0 Å². The standard InChI is InChI=1S/C45H69N6Si.3ClH.Ti/c1-26-27(2)35(10)45(34(26)9)52(39-23-36(46(11)12)42(49(17)18)31(6)28(39)3,40-24-37(47(13)14)43(50(19)20)32(7)29(40)4)41-25-38(48(15)16)44(51(21)22)33(8)30(41)5;;;;/h23-25H,1-22H3;3*1H;/q;;;;+3/p-3. The van der Waals surface area contributed by atoms with Gasteiger partial charge in [0.1, 0.15) is 0 Å². The number of benzene rings is 3. The molecule has 0 saturated heterocycles. The molecule has 0 spiro atoms. The monoisotopic (exact) mass is 874 g/mol. The normalized spacial score (nSPS) is 15.3. The number of rotatable bonds is 10. The Hall–Kier alpha value is -2.26. The molecule has 308 valence electrons. The molecule has 3 aromatic rings. The zero-order valence-corrected chi connectivity index (χ0v) is 43.4. The van der Waals surface area contributed by atoms with E-state index in [2.05, 4.69) is 222 Å². The van der Waals surface area contributed by atoms with Gasteiger partial charge in [-0.25, -0.2) is 0 Å². The van der Waals surface area contributed by atoms with E-state index in [4.69, 9.17) is 0 Å². The molecule has 3 aromatic carbocycles. The van der Waals surface area contributed by atoms with Crippen LogP contribution in [0.5, 0.6) is 0 Å². The molecule has 1 unspecified atom stereocenters. The second kappa shape index (κ2) is 18.3. The van der Waals surface area contributed by atoms with E-state index in [9.17, 15) is 0 Å². The molecule has 11 heteroatoms. The van der Waals surface area contributed by atoms with Crippen LogP contribution in [0.4, 0.5) is 34.1 Å². The van der Waals surface area contributed by atoms with Gasteiger partial charge in [-0.15, -0.1) is 0 Å². The molecule has 6 nitrogen and oxygen atoms in total. The minimum Gasteiger partial charge on any atom is -1.00 e. The Bertz CT molecular complexity index is 1850. The zero-order valence-electron chi connectivity index (χ0n) is 38.5. The number of nitrogens with zero attached hydrogens (tertiary/aromatic N) is 6. The molecule has 0 N–H and O–H groups in total. The smallest absolute Gasteiger partial charge is 1.00 e. The number of allylic oxidation sites excluding steroid dienone is 4. The van der Waals surface area contributed by atoms with E-state index in [-0.39, 0.29) is 40.9 Å². The summed E-state index contributed by atoms with van der Waals surface area (Å²) in [7, 11) is 23.2. The molecule has 1 atom stereocenters. The number of halogens is 3. The molecular formula is C45H69Cl3N6SiTi. The van der Waals surface area contributed by atoms with Crippen LogP contribution in [0.1, 0.15) is 61.1 Å². The number of hydrogen-bond donors (Lipinski definition) is 0. The third-order valence-electron chi connectivity index (χ3n) is 12.7. The third-order valence-corrected chi connectivity index (χ3v) is 19.6. The maximum absolute atomic E-state index is 3.20. The van der Waals surface area contributed by atoms with Crippen molar-refractivity contribution in [1.82, 2.24) is 0 Å². The summed E-state index contributed by atoms with van der Waals surface area (Å²) < 4.78 is -0.170. The largest absolute Gasteiger partial charge is 1.00 e. The van der Waals surface area contributed by atoms with Gasteiger partial charge in [0.05, 0.1) is 0 Å². The summed E-state index contributed by atoms with van der Waals surface area (Å²) >= 11 is 2.51. The van der Waals surface area contributed by atoms with Gasteiger partial charge in [-0.2, -0.15) is 0 Å². The topological polar surface area (TPSA) is 19.4 Å². The van der Waals surface area contributed by atoms with Crippen LogP contribution in [0.2, 0.25) is 3.72 Å². The molecule has 0 fully saturated rings. The third kappa shape index (κ3) is 7.91. The van der Waals surface area contributed by atoms with E-state index in [0.717, 1.165) is 0 Å². The average molecular weight is 876 g/mol. The summed E-state index contributed by atoms with van der Waals surface area (Å²) in [4.78, 5) is 13.9. The molecule has 0 saturated carbocycles. The first-order valence-corrected chi connectivity index (χ1v) is 21.7. The van der Waals surface area contributed by atoms with E-state index in [1.165, 1.54) is 99.8 Å². The Morgan fingerprint density at radius 1 is 0.411 bits per heavy atom. The van der Waals surface area contributed by atoms with Gasteiger partial charge in [-0.3, -0.25) is 0 Å². The maximum Gasteiger partial charge on any atom is -1.00 e. The predicted octanol–water partition coefficient (Wildman–Crippen LogP) is -1.65.